The molecule has 1 atom stereocenters. The van der Waals surface area contributed by atoms with Gasteiger partial charge in [0, 0.05) is 0 Å². The molecule has 0 fully saturated rings. The van der Waals surface area contributed by atoms with E-state index < -0.39 is 29.6 Å². The minimum atomic E-state index is -2.29. The molecule has 0 bridgehead atoms. The summed E-state index contributed by atoms with van der Waals surface area (Å²) >= 11 is 0. The number of carboxylic acids is 1. The normalized spacial score (nSPS) is 13.5. The first-order chi connectivity index (χ1) is 10.5. The standard InChI is InChI=1S/C15H20N4O4/c1-14(2,3)23-13(22)15(18,12(20)21)8-19-11-6-9(7-16)4-5-10(11)17/h4-6,19H,8,17-18H2,1-3H3,(H,20,21)/t15-/m0/s1. The van der Waals surface area contributed by atoms with Gasteiger partial charge in [0.05, 0.1) is 29.6 Å². The van der Waals surface area contributed by atoms with Crippen molar-refractivity contribution in [3.05, 3.63) is 23.8 Å². The number of hydrogen-bond acceptors (Lipinski definition) is 7. The number of carbonyl (C=O) groups excluding carboxylic acids is 1. The molecule has 8 heteroatoms. The molecule has 23 heavy (non-hydrogen) atoms. The first-order valence-electron chi connectivity index (χ1n) is 6.79. The number of rotatable bonds is 5. The van der Waals surface area contributed by atoms with Gasteiger partial charge in [-0.3, -0.25) is 0 Å². The van der Waals surface area contributed by atoms with Crippen LogP contribution in [0, 0.1) is 11.3 Å². The Morgan fingerprint density at radius 2 is 2.00 bits per heavy atom. The number of nitriles is 1. The topological polar surface area (TPSA) is 151 Å². The van der Waals surface area contributed by atoms with Crippen LogP contribution in [-0.2, 0) is 14.3 Å². The number of ether oxygens (including phenoxy) is 1. The van der Waals surface area contributed by atoms with E-state index in [0.717, 1.165) is 0 Å². The second-order valence-electron chi connectivity index (χ2n) is 6.05. The van der Waals surface area contributed by atoms with Crippen LogP contribution in [0.2, 0.25) is 0 Å². The molecular formula is C15H20N4O4. The third-order valence-electron chi connectivity index (χ3n) is 2.88. The van der Waals surface area contributed by atoms with Crippen LogP contribution >= 0.6 is 0 Å². The number of carboxylic acid groups (broad SMARTS) is 1. The first kappa shape index (κ1) is 18.3. The Labute approximate surface area is 134 Å². The quantitative estimate of drug-likeness (QED) is 0.351. The minimum absolute atomic E-state index is 0.293. The molecule has 0 heterocycles. The molecule has 0 aliphatic rings. The van der Waals surface area contributed by atoms with E-state index in [0.29, 0.717) is 16.9 Å². The minimum Gasteiger partial charge on any atom is -0.479 e. The number of anilines is 2. The highest BCUT2D eigenvalue weighted by molar-refractivity contribution is 6.04. The summed E-state index contributed by atoms with van der Waals surface area (Å²) in [6.45, 7) is 4.37. The van der Waals surface area contributed by atoms with E-state index in [1.807, 2.05) is 6.07 Å². The Morgan fingerprint density at radius 1 is 1.39 bits per heavy atom. The molecular weight excluding hydrogens is 300 g/mol. The Kier molecular flexibility index (Phi) is 5.19. The molecule has 0 aliphatic heterocycles. The zero-order valence-corrected chi connectivity index (χ0v) is 13.2. The summed E-state index contributed by atoms with van der Waals surface area (Å²) in [5, 5.41) is 20.9. The number of nitrogens with zero attached hydrogens (tertiary/aromatic N) is 1. The van der Waals surface area contributed by atoms with Gasteiger partial charge in [-0.05, 0) is 39.0 Å². The van der Waals surface area contributed by atoms with Crippen LogP contribution < -0.4 is 16.8 Å². The summed E-state index contributed by atoms with van der Waals surface area (Å²) in [7, 11) is 0. The molecule has 0 aromatic heterocycles. The lowest BCUT2D eigenvalue weighted by Gasteiger charge is -2.28. The number of benzene rings is 1. The third kappa shape index (κ3) is 4.59. The van der Waals surface area contributed by atoms with Gasteiger partial charge < -0.3 is 26.6 Å². The number of carbonyl (C=O) groups is 2. The van der Waals surface area contributed by atoms with Gasteiger partial charge in [-0.15, -0.1) is 0 Å². The molecule has 0 radical (unpaired) electrons. The van der Waals surface area contributed by atoms with Gasteiger partial charge in [0.1, 0.15) is 5.60 Å². The molecule has 1 rings (SSSR count). The lowest BCUT2D eigenvalue weighted by Crippen LogP contribution is -2.61. The number of nitrogens with one attached hydrogen (secondary N) is 1. The highest BCUT2D eigenvalue weighted by atomic mass is 16.6. The zero-order chi connectivity index (χ0) is 17.8. The fourth-order valence-corrected chi connectivity index (χ4v) is 1.62. The molecule has 6 N–H and O–H groups in total. The van der Waals surface area contributed by atoms with Gasteiger partial charge in [0.15, 0.2) is 0 Å². The average molecular weight is 320 g/mol. The third-order valence-corrected chi connectivity index (χ3v) is 2.88. The molecule has 1 aromatic carbocycles. The highest BCUT2D eigenvalue weighted by Gasteiger charge is 2.45. The number of hydrogen-bond donors (Lipinski definition) is 4. The van der Waals surface area contributed by atoms with Crippen molar-refractivity contribution in [3.8, 4) is 6.07 Å². The summed E-state index contributed by atoms with van der Waals surface area (Å²) in [6, 6.07) is 6.38. The Bertz CT molecular complexity index is 660. The average Bonchev–Trinajstić information content (AvgIpc) is 2.43. The van der Waals surface area contributed by atoms with E-state index in [4.69, 9.17) is 21.5 Å². The summed E-state index contributed by atoms with van der Waals surface area (Å²) in [5.74, 6) is -2.60. The SMILES string of the molecule is CC(C)(C)OC(=O)[C@](N)(CNc1cc(C#N)ccc1N)C(=O)O. The number of nitrogens with two attached hydrogens (primary N) is 2. The second kappa shape index (κ2) is 6.54. The van der Waals surface area contributed by atoms with E-state index in [2.05, 4.69) is 5.32 Å². The van der Waals surface area contributed by atoms with E-state index in [-0.39, 0.29) is 0 Å². The van der Waals surface area contributed by atoms with E-state index >= 15 is 0 Å². The summed E-state index contributed by atoms with van der Waals surface area (Å²) in [5.41, 5.74) is 9.23. The smallest absolute Gasteiger partial charge is 0.340 e. The zero-order valence-electron chi connectivity index (χ0n) is 13.2. The fourth-order valence-electron chi connectivity index (χ4n) is 1.62. The van der Waals surface area contributed by atoms with Crippen molar-refractivity contribution >= 4 is 23.3 Å². The lowest BCUT2D eigenvalue weighted by atomic mass is 10.0. The molecule has 124 valence electrons. The van der Waals surface area contributed by atoms with Crippen LogP contribution in [0.1, 0.15) is 26.3 Å². The summed E-state index contributed by atoms with van der Waals surface area (Å²) in [4.78, 5) is 23.5. The maximum Gasteiger partial charge on any atom is 0.340 e. The van der Waals surface area contributed by atoms with Crippen LogP contribution in [0.5, 0.6) is 0 Å². The highest BCUT2D eigenvalue weighted by Crippen LogP contribution is 2.21. The van der Waals surface area contributed by atoms with Gasteiger partial charge in [0.2, 0.25) is 5.54 Å². The Balaban J connectivity index is 3.00. The largest absolute Gasteiger partial charge is 0.479 e. The predicted molar refractivity (Wildman–Crippen MR) is 84.5 cm³/mol. The molecule has 1 aromatic rings. The van der Waals surface area contributed by atoms with Crippen LogP contribution in [-0.4, -0.2) is 34.7 Å². The van der Waals surface area contributed by atoms with Gasteiger partial charge in [0.25, 0.3) is 0 Å². The van der Waals surface area contributed by atoms with Crippen molar-refractivity contribution in [1.82, 2.24) is 0 Å². The Hall–Kier alpha value is -2.79. The van der Waals surface area contributed by atoms with Crippen molar-refractivity contribution in [2.45, 2.75) is 31.9 Å². The summed E-state index contributed by atoms with van der Waals surface area (Å²) in [6.07, 6.45) is 0. The van der Waals surface area contributed by atoms with Crippen molar-refractivity contribution in [2.75, 3.05) is 17.6 Å². The van der Waals surface area contributed by atoms with E-state index in [9.17, 15) is 14.7 Å². The number of esters is 1. The second-order valence-corrected chi connectivity index (χ2v) is 6.05. The fraction of sp³-hybridized carbons (Fsp3) is 0.400. The molecule has 8 nitrogen and oxygen atoms in total. The molecule has 0 saturated heterocycles. The van der Waals surface area contributed by atoms with Crippen molar-refractivity contribution in [3.63, 3.8) is 0 Å². The van der Waals surface area contributed by atoms with E-state index in [1.54, 1.807) is 20.8 Å². The van der Waals surface area contributed by atoms with Gasteiger partial charge in [-0.25, -0.2) is 9.59 Å². The number of aliphatic carboxylic acids is 1. The van der Waals surface area contributed by atoms with E-state index in [1.165, 1.54) is 18.2 Å². The summed E-state index contributed by atoms with van der Waals surface area (Å²) < 4.78 is 5.06. The van der Waals surface area contributed by atoms with Crippen LogP contribution in [0.25, 0.3) is 0 Å². The van der Waals surface area contributed by atoms with Gasteiger partial charge in [-0.2, -0.15) is 5.26 Å². The first-order valence-corrected chi connectivity index (χ1v) is 6.79. The van der Waals surface area contributed by atoms with Gasteiger partial charge in [-0.1, -0.05) is 0 Å². The lowest BCUT2D eigenvalue weighted by molar-refractivity contribution is -0.168. The van der Waals surface area contributed by atoms with Crippen molar-refractivity contribution in [1.29, 1.82) is 5.26 Å². The van der Waals surface area contributed by atoms with Crippen molar-refractivity contribution in [2.24, 2.45) is 5.73 Å². The maximum atomic E-state index is 12.1. The van der Waals surface area contributed by atoms with Crippen LogP contribution in [0.3, 0.4) is 0 Å². The molecule has 0 spiro atoms. The molecule has 0 saturated carbocycles. The predicted octanol–water partition coefficient (Wildman–Crippen LogP) is 0.676. The maximum absolute atomic E-state index is 12.1. The molecule has 0 unspecified atom stereocenters. The van der Waals surface area contributed by atoms with Gasteiger partial charge >= 0.3 is 11.9 Å². The Morgan fingerprint density at radius 3 is 2.48 bits per heavy atom. The van der Waals surface area contributed by atoms with Crippen molar-refractivity contribution < 1.29 is 19.4 Å². The molecule has 0 amide bonds. The molecule has 0 aliphatic carbocycles. The number of nitrogen functional groups attached to an aromatic ring is 1. The van der Waals surface area contributed by atoms with Crippen LogP contribution in [0.4, 0.5) is 11.4 Å². The van der Waals surface area contributed by atoms with Crippen LogP contribution in [0.15, 0.2) is 18.2 Å². The monoisotopic (exact) mass is 320 g/mol.